The van der Waals surface area contributed by atoms with Gasteiger partial charge < -0.3 is 10.5 Å². The Bertz CT molecular complexity index is 613. The molecule has 2 unspecified atom stereocenters. The molecule has 0 bridgehead atoms. The van der Waals surface area contributed by atoms with E-state index in [0.29, 0.717) is 18.7 Å². The van der Waals surface area contributed by atoms with E-state index in [1.165, 1.54) is 12.1 Å². The molecule has 2 atom stereocenters. The van der Waals surface area contributed by atoms with Gasteiger partial charge in [0.1, 0.15) is 4.90 Å². The minimum atomic E-state index is -3.86. The number of benzene rings is 1. The van der Waals surface area contributed by atoms with Crippen LogP contribution in [0.1, 0.15) is 20.3 Å². The van der Waals surface area contributed by atoms with Gasteiger partial charge in [0.25, 0.3) is 0 Å². The van der Waals surface area contributed by atoms with E-state index in [2.05, 4.69) is 4.72 Å². The molecule has 1 fully saturated rings. The number of nitrogen functional groups attached to an aromatic ring is 1. The largest absolute Gasteiger partial charge is 0.399 e. The van der Waals surface area contributed by atoms with Gasteiger partial charge in [-0.1, -0.05) is 23.2 Å². The third-order valence-electron chi connectivity index (χ3n) is 3.54. The minimum Gasteiger partial charge on any atom is -0.399 e. The van der Waals surface area contributed by atoms with Crippen molar-refractivity contribution in [2.75, 3.05) is 12.3 Å². The second kappa shape index (κ2) is 5.35. The highest BCUT2D eigenvalue weighted by atomic mass is 35.5. The zero-order chi connectivity index (χ0) is 15.1. The molecular weight excluding hydrogens is 323 g/mol. The van der Waals surface area contributed by atoms with Crippen LogP contribution in [-0.2, 0) is 14.8 Å². The number of hydrogen-bond acceptors (Lipinski definition) is 4. The van der Waals surface area contributed by atoms with Crippen molar-refractivity contribution in [3.63, 3.8) is 0 Å². The smallest absolute Gasteiger partial charge is 0.244 e. The Hall–Kier alpha value is -0.530. The summed E-state index contributed by atoms with van der Waals surface area (Å²) in [6.45, 7) is 4.12. The molecule has 3 N–H and O–H groups in total. The van der Waals surface area contributed by atoms with Crippen LogP contribution in [0.4, 0.5) is 5.69 Å². The number of halogens is 2. The summed E-state index contributed by atoms with van der Waals surface area (Å²) in [6, 6.07) is 2.72. The molecule has 1 aromatic rings. The molecule has 0 saturated carbocycles. The summed E-state index contributed by atoms with van der Waals surface area (Å²) < 4.78 is 33.1. The summed E-state index contributed by atoms with van der Waals surface area (Å²) in [5, 5.41) is -0.00432. The molecule has 1 saturated heterocycles. The van der Waals surface area contributed by atoms with Gasteiger partial charge in [-0.05, 0) is 32.4 Å². The van der Waals surface area contributed by atoms with Gasteiger partial charge in [-0.15, -0.1) is 0 Å². The fraction of sp³-hybridized carbons (Fsp3) is 0.500. The SMILES string of the molecule is CC1OCCC1(C)NS(=O)(=O)c1c(Cl)cc(N)cc1Cl. The molecule has 1 heterocycles. The first-order chi connectivity index (χ1) is 9.16. The first kappa shape index (κ1) is 15.9. The number of rotatable bonds is 3. The normalized spacial score (nSPS) is 26.9. The molecule has 2 rings (SSSR count). The second-order valence-corrected chi connectivity index (χ2v) is 7.53. The van der Waals surface area contributed by atoms with Crippen LogP contribution in [0.3, 0.4) is 0 Å². The van der Waals surface area contributed by atoms with E-state index in [4.69, 9.17) is 33.7 Å². The zero-order valence-electron chi connectivity index (χ0n) is 11.1. The van der Waals surface area contributed by atoms with E-state index < -0.39 is 15.6 Å². The van der Waals surface area contributed by atoms with Crippen molar-refractivity contribution in [3.05, 3.63) is 22.2 Å². The lowest BCUT2D eigenvalue weighted by Crippen LogP contribution is -2.50. The Balaban J connectivity index is 2.42. The van der Waals surface area contributed by atoms with Crippen molar-refractivity contribution in [2.45, 2.75) is 36.8 Å². The quantitative estimate of drug-likeness (QED) is 0.829. The predicted molar refractivity (Wildman–Crippen MR) is 79.6 cm³/mol. The number of ether oxygens (including phenoxy) is 1. The molecule has 1 aromatic carbocycles. The Morgan fingerprint density at radius 1 is 1.40 bits per heavy atom. The van der Waals surface area contributed by atoms with Crippen LogP contribution in [0.5, 0.6) is 0 Å². The van der Waals surface area contributed by atoms with E-state index >= 15 is 0 Å². The van der Waals surface area contributed by atoms with Crippen LogP contribution >= 0.6 is 23.2 Å². The molecule has 1 aliphatic heterocycles. The monoisotopic (exact) mass is 338 g/mol. The van der Waals surface area contributed by atoms with Crippen molar-refractivity contribution < 1.29 is 13.2 Å². The zero-order valence-corrected chi connectivity index (χ0v) is 13.4. The van der Waals surface area contributed by atoms with Crippen LogP contribution < -0.4 is 10.5 Å². The highest BCUT2D eigenvalue weighted by Gasteiger charge is 2.41. The summed E-state index contributed by atoms with van der Waals surface area (Å²) >= 11 is 11.9. The van der Waals surface area contributed by atoms with Gasteiger partial charge in [0, 0.05) is 12.3 Å². The Labute approximate surface area is 128 Å². The fourth-order valence-corrected chi connectivity index (χ4v) is 4.89. The van der Waals surface area contributed by atoms with Gasteiger partial charge >= 0.3 is 0 Å². The van der Waals surface area contributed by atoms with Crippen LogP contribution in [-0.4, -0.2) is 26.7 Å². The van der Waals surface area contributed by atoms with Crippen LogP contribution in [0.15, 0.2) is 17.0 Å². The van der Waals surface area contributed by atoms with Crippen molar-refractivity contribution in [2.24, 2.45) is 0 Å². The molecular formula is C12H16Cl2N2O3S. The Morgan fingerprint density at radius 3 is 2.40 bits per heavy atom. The Morgan fingerprint density at radius 2 is 1.95 bits per heavy atom. The maximum absolute atomic E-state index is 12.5. The molecule has 0 spiro atoms. The van der Waals surface area contributed by atoms with Gasteiger partial charge in [-0.25, -0.2) is 13.1 Å². The van der Waals surface area contributed by atoms with E-state index in [-0.39, 0.29) is 21.0 Å². The molecule has 0 aromatic heterocycles. The third-order valence-corrected chi connectivity index (χ3v) is 6.08. The highest BCUT2D eigenvalue weighted by molar-refractivity contribution is 7.89. The molecule has 0 radical (unpaired) electrons. The van der Waals surface area contributed by atoms with Crippen molar-refractivity contribution >= 4 is 38.9 Å². The molecule has 20 heavy (non-hydrogen) atoms. The topological polar surface area (TPSA) is 81.4 Å². The van der Waals surface area contributed by atoms with E-state index in [1.54, 1.807) is 6.92 Å². The second-order valence-electron chi connectivity index (χ2n) is 5.10. The lowest BCUT2D eigenvalue weighted by Gasteiger charge is -2.28. The lowest BCUT2D eigenvalue weighted by atomic mass is 9.97. The van der Waals surface area contributed by atoms with Gasteiger partial charge in [0.05, 0.1) is 21.7 Å². The number of nitrogens with one attached hydrogen (secondary N) is 1. The standard InChI is InChI=1S/C12H16Cl2N2O3S/c1-7-12(2,3-4-19-7)16-20(17,18)11-9(13)5-8(15)6-10(11)14/h5-7,16H,3-4,15H2,1-2H3. The van der Waals surface area contributed by atoms with Crippen molar-refractivity contribution in [1.29, 1.82) is 0 Å². The molecule has 0 aliphatic carbocycles. The van der Waals surface area contributed by atoms with E-state index in [9.17, 15) is 8.42 Å². The van der Waals surface area contributed by atoms with Gasteiger partial charge in [0.15, 0.2) is 0 Å². The summed E-state index contributed by atoms with van der Waals surface area (Å²) in [7, 11) is -3.86. The van der Waals surface area contributed by atoms with E-state index in [0.717, 1.165) is 0 Å². The number of hydrogen-bond donors (Lipinski definition) is 2. The third kappa shape index (κ3) is 2.89. The van der Waals surface area contributed by atoms with Gasteiger partial charge in [-0.2, -0.15) is 0 Å². The summed E-state index contributed by atoms with van der Waals surface area (Å²) in [6.07, 6.45) is 0.348. The number of nitrogens with two attached hydrogens (primary N) is 1. The maximum Gasteiger partial charge on any atom is 0.244 e. The first-order valence-corrected chi connectivity index (χ1v) is 8.30. The average molecular weight is 339 g/mol. The highest BCUT2D eigenvalue weighted by Crippen LogP contribution is 2.34. The summed E-state index contributed by atoms with van der Waals surface area (Å²) in [5.74, 6) is 0. The lowest BCUT2D eigenvalue weighted by molar-refractivity contribution is 0.0957. The molecule has 0 amide bonds. The van der Waals surface area contributed by atoms with Gasteiger partial charge in [-0.3, -0.25) is 0 Å². The summed E-state index contributed by atoms with van der Waals surface area (Å²) in [5.41, 5.74) is 5.20. The fourth-order valence-electron chi connectivity index (χ4n) is 2.16. The first-order valence-electron chi connectivity index (χ1n) is 6.06. The van der Waals surface area contributed by atoms with E-state index in [1.807, 2.05) is 6.92 Å². The number of anilines is 1. The van der Waals surface area contributed by atoms with Crippen molar-refractivity contribution in [1.82, 2.24) is 4.72 Å². The molecule has 5 nitrogen and oxygen atoms in total. The molecule has 1 aliphatic rings. The van der Waals surface area contributed by atoms with Crippen LogP contribution in [0.25, 0.3) is 0 Å². The van der Waals surface area contributed by atoms with Crippen LogP contribution in [0.2, 0.25) is 10.0 Å². The van der Waals surface area contributed by atoms with Gasteiger partial charge in [0.2, 0.25) is 10.0 Å². The summed E-state index contributed by atoms with van der Waals surface area (Å²) in [4.78, 5) is -0.157. The van der Waals surface area contributed by atoms with Crippen LogP contribution in [0, 0.1) is 0 Å². The number of sulfonamides is 1. The molecule has 8 heteroatoms. The maximum atomic E-state index is 12.5. The Kier molecular flexibility index (Phi) is 4.24. The minimum absolute atomic E-state index is 0.00216. The predicted octanol–water partition coefficient (Wildman–Crippen LogP) is 2.42. The van der Waals surface area contributed by atoms with Crippen molar-refractivity contribution in [3.8, 4) is 0 Å². The average Bonchev–Trinajstić information content (AvgIpc) is 2.55. The molecule has 112 valence electrons.